The number of unbranched alkanes of at least 4 members (excludes halogenated alkanes) is 7. The van der Waals surface area contributed by atoms with Crippen molar-refractivity contribution < 1.29 is 0 Å². The first kappa shape index (κ1) is 17.2. The van der Waals surface area contributed by atoms with Crippen molar-refractivity contribution in [1.29, 1.82) is 0 Å². The maximum Gasteiger partial charge on any atom is -0.000835 e. The molecule has 1 aromatic carbocycles. The van der Waals surface area contributed by atoms with Crippen LogP contribution in [0.2, 0.25) is 0 Å². The summed E-state index contributed by atoms with van der Waals surface area (Å²) in [5, 5.41) is 3.56. The third-order valence-corrected chi connectivity index (χ3v) is 3.88. The summed E-state index contributed by atoms with van der Waals surface area (Å²) in [7, 11) is 0. The lowest BCUT2D eigenvalue weighted by atomic mass is 10.1. The number of nitrogens with one attached hydrogen (secondary N) is 1. The quantitative estimate of drug-likeness (QED) is 0.513. The highest BCUT2D eigenvalue weighted by atomic mass is 14.8. The summed E-state index contributed by atoms with van der Waals surface area (Å²) in [6.07, 6.45) is 12.4. The molecule has 0 unspecified atom stereocenters. The van der Waals surface area contributed by atoms with Crippen molar-refractivity contribution >= 4 is 0 Å². The molecular formula is C19H33N. The van der Waals surface area contributed by atoms with Gasteiger partial charge in [-0.2, -0.15) is 0 Å². The Morgan fingerprint density at radius 2 is 1.55 bits per heavy atom. The minimum atomic E-state index is 1.11. The van der Waals surface area contributed by atoms with Gasteiger partial charge < -0.3 is 5.32 Å². The standard InChI is InChI=1S/C19H33N/c1-3-4-5-6-7-8-9-10-15-20-16-14-19-13-11-12-18(2)17-19/h11-13,17,20H,3-10,14-16H2,1-2H3. The molecule has 0 aliphatic heterocycles. The van der Waals surface area contributed by atoms with E-state index in [1.807, 2.05) is 0 Å². The second-order valence-electron chi connectivity index (χ2n) is 5.96. The van der Waals surface area contributed by atoms with Crippen LogP contribution in [0.3, 0.4) is 0 Å². The van der Waals surface area contributed by atoms with E-state index in [1.165, 1.54) is 69.0 Å². The van der Waals surface area contributed by atoms with Crippen LogP contribution in [0.15, 0.2) is 24.3 Å². The number of hydrogen-bond donors (Lipinski definition) is 1. The molecule has 0 saturated carbocycles. The van der Waals surface area contributed by atoms with E-state index in [2.05, 4.69) is 43.4 Å². The van der Waals surface area contributed by atoms with Crippen LogP contribution in [-0.4, -0.2) is 13.1 Å². The van der Waals surface area contributed by atoms with Crippen molar-refractivity contribution in [1.82, 2.24) is 5.32 Å². The van der Waals surface area contributed by atoms with Gasteiger partial charge in [0, 0.05) is 0 Å². The minimum absolute atomic E-state index is 1.11. The Bertz CT molecular complexity index is 332. The lowest BCUT2D eigenvalue weighted by Gasteiger charge is -2.06. The normalized spacial score (nSPS) is 10.9. The molecule has 114 valence electrons. The molecule has 0 saturated heterocycles. The van der Waals surface area contributed by atoms with Crippen molar-refractivity contribution in [3.8, 4) is 0 Å². The zero-order valence-electron chi connectivity index (χ0n) is 13.6. The van der Waals surface area contributed by atoms with E-state index in [4.69, 9.17) is 0 Å². The fourth-order valence-corrected chi connectivity index (χ4v) is 2.61. The highest BCUT2D eigenvalue weighted by molar-refractivity contribution is 5.22. The van der Waals surface area contributed by atoms with Gasteiger partial charge >= 0.3 is 0 Å². The van der Waals surface area contributed by atoms with Gasteiger partial charge in [-0.25, -0.2) is 0 Å². The summed E-state index contributed by atoms with van der Waals surface area (Å²) in [5.41, 5.74) is 2.82. The molecule has 0 aliphatic rings. The van der Waals surface area contributed by atoms with Crippen LogP contribution in [0.4, 0.5) is 0 Å². The Labute approximate surface area is 126 Å². The smallest absolute Gasteiger partial charge is 0.000835 e. The van der Waals surface area contributed by atoms with Gasteiger partial charge in [0.15, 0.2) is 0 Å². The lowest BCUT2D eigenvalue weighted by molar-refractivity contribution is 0.556. The maximum atomic E-state index is 3.56. The molecule has 0 amide bonds. The largest absolute Gasteiger partial charge is 0.316 e. The molecule has 0 fully saturated rings. The summed E-state index contributed by atoms with van der Waals surface area (Å²) in [6.45, 7) is 6.74. The second kappa shape index (κ2) is 12.0. The monoisotopic (exact) mass is 275 g/mol. The van der Waals surface area contributed by atoms with Gasteiger partial charge in [0.25, 0.3) is 0 Å². The maximum absolute atomic E-state index is 3.56. The Hall–Kier alpha value is -0.820. The third kappa shape index (κ3) is 9.14. The molecule has 0 heterocycles. The van der Waals surface area contributed by atoms with Crippen molar-refractivity contribution in [2.24, 2.45) is 0 Å². The summed E-state index contributed by atoms with van der Waals surface area (Å²) < 4.78 is 0. The number of aryl methyl sites for hydroxylation is 1. The van der Waals surface area contributed by atoms with Crippen molar-refractivity contribution in [3.63, 3.8) is 0 Å². The molecule has 1 heteroatoms. The van der Waals surface area contributed by atoms with Crippen LogP contribution in [0.5, 0.6) is 0 Å². The molecule has 20 heavy (non-hydrogen) atoms. The highest BCUT2D eigenvalue weighted by Crippen LogP contribution is 2.08. The fraction of sp³-hybridized carbons (Fsp3) is 0.684. The van der Waals surface area contributed by atoms with Gasteiger partial charge in [-0.05, 0) is 38.4 Å². The van der Waals surface area contributed by atoms with Crippen LogP contribution < -0.4 is 5.32 Å². The van der Waals surface area contributed by atoms with Crippen molar-refractivity contribution in [2.45, 2.75) is 71.6 Å². The van der Waals surface area contributed by atoms with Crippen LogP contribution >= 0.6 is 0 Å². The average molecular weight is 275 g/mol. The second-order valence-corrected chi connectivity index (χ2v) is 5.96. The van der Waals surface area contributed by atoms with E-state index in [1.54, 1.807) is 0 Å². The zero-order chi connectivity index (χ0) is 14.5. The summed E-state index contributed by atoms with van der Waals surface area (Å²) in [5.74, 6) is 0. The molecule has 1 nitrogen and oxygen atoms in total. The molecule has 0 bridgehead atoms. The Kier molecular flexibility index (Phi) is 10.3. The first-order chi connectivity index (χ1) is 9.83. The topological polar surface area (TPSA) is 12.0 Å². The predicted octanol–water partition coefficient (Wildman–Crippen LogP) is 5.27. The first-order valence-electron chi connectivity index (χ1n) is 8.59. The molecule has 0 aromatic heterocycles. The molecule has 0 radical (unpaired) electrons. The highest BCUT2D eigenvalue weighted by Gasteiger charge is 1.94. The Morgan fingerprint density at radius 3 is 2.25 bits per heavy atom. The molecule has 1 aromatic rings. The van der Waals surface area contributed by atoms with Crippen LogP contribution in [0, 0.1) is 6.92 Å². The van der Waals surface area contributed by atoms with Gasteiger partial charge in [-0.15, -0.1) is 0 Å². The molecule has 0 atom stereocenters. The van der Waals surface area contributed by atoms with Gasteiger partial charge in [0.05, 0.1) is 0 Å². The molecule has 0 aliphatic carbocycles. The van der Waals surface area contributed by atoms with E-state index in [-0.39, 0.29) is 0 Å². The van der Waals surface area contributed by atoms with E-state index in [0.717, 1.165) is 13.0 Å². The van der Waals surface area contributed by atoms with Crippen molar-refractivity contribution in [3.05, 3.63) is 35.4 Å². The summed E-state index contributed by atoms with van der Waals surface area (Å²) >= 11 is 0. The SMILES string of the molecule is CCCCCCCCCCNCCc1cccc(C)c1. The Morgan fingerprint density at radius 1 is 0.850 bits per heavy atom. The van der Waals surface area contributed by atoms with E-state index < -0.39 is 0 Å². The molecule has 0 spiro atoms. The Balaban J connectivity index is 1.85. The summed E-state index contributed by atoms with van der Waals surface area (Å²) in [4.78, 5) is 0. The molecular weight excluding hydrogens is 242 g/mol. The minimum Gasteiger partial charge on any atom is -0.316 e. The lowest BCUT2D eigenvalue weighted by Crippen LogP contribution is -2.18. The predicted molar refractivity (Wildman–Crippen MR) is 90.4 cm³/mol. The van der Waals surface area contributed by atoms with Crippen LogP contribution in [-0.2, 0) is 6.42 Å². The van der Waals surface area contributed by atoms with Gasteiger partial charge in [0.2, 0.25) is 0 Å². The van der Waals surface area contributed by atoms with E-state index in [9.17, 15) is 0 Å². The van der Waals surface area contributed by atoms with E-state index in [0.29, 0.717) is 0 Å². The number of benzene rings is 1. The van der Waals surface area contributed by atoms with Crippen LogP contribution in [0.1, 0.15) is 69.4 Å². The van der Waals surface area contributed by atoms with Gasteiger partial charge in [0.1, 0.15) is 0 Å². The average Bonchev–Trinajstić information content (AvgIpc) is 2.45. The zero-order valence-corrected chi connectivity index (χ0v) is 13.6. The molecule has 1 N–H and O–H groups in total. The summed E-state index contributed by atoms with van der Waals surface area (Å²) in [6, 6.07) is 8.84. The third-order valence-electron chi connectivity index (χ3n) is 3.88. The number of hydrogen-bond acceptors (Lipinski definition) is 1. The van der Waals surface area contributed by atoms with E-state index >= 15 is 0 Å². The van der Waals surface area contributed by atoms with Gasteiger partial charge in [-0.1, -0.05) is 81.7 Å². The van der Waals surface area contributed by atoms with Crippen molar-refractivity contribution in [2.75, 3.05) is 13.1 Å². The molecule has 1 rings (SSSR count). The fourth-order valence-electron chi connectivity index (χ4n) is 2.61. The van der Waals surface area contributed by atoms with Gasteiger partial charge in [-0.3, -0.25) is 0 Å². The first-order valence-corrected chi connectivity index (χ1v) is 8.59. The van der Waals surface area contributed by atoms with Crippen LogP contribution in [0.25, 0.3) is 0 Å². The number of rotatable bonds is 12.